The molecule has 2 aromatic carbocycles. The third kappa shape index (κ3) is 5.08. The minimum Gasteiger partial charge on any atom is -0.336 e. The van der Waals surface area contributed by atoms with Crippen molar-refractivity contribution in [2.45, 2.75) is 39.3 Å². The number of carbonyl (C=O) groups is 1. The number of hydrogen-bond acceptors (Lipinski definition) is 3. The quantitative estimate of drug-likeness (QED) is 0.523. The summed E-state index contributed by atoms with van der Waals surface area (Å²) in [7, 11) is 0. The molecule has 2 atom stereocenters. The lowest BCUT2D eigenvalue weighted by atomic mass is 9.86. The fourth-order valence-corrected chi connectivity index (χ4v) is 4.88. The minimum absolute atomic E-state index is 0.118. The van der Waals surface area contributed by atoms with E-state index in [4.69, 9.17) is 0 Å². The summed E-state index contributed by atoms with van der Waals surface area (Å²) in [5, 5.41) is 0. The van der Waals surface area contributed by atoms with Crippen LogP contribution in [0.25, 0.3) is 0 Å². The Balaban J connectivity index is 1.59. The van der Waals surface area contributed by atoms with Gasteiger partial charge in [0, 0.05) is 49.9 Å². The van der Waals surface area contributed by atoms with Gasteiger partial charge in [0.05, 0.1) is 5.69 Å². The number of benzene rings is 2. The zero-order valence-electron chi connectivity index (χ0n) is 19.3. The minimum atomic E-state index is 0.118. The predicted molar refractivity (Wildman–Crippen MR) is 130 cm³/mol. The smallest absolute Gasteiger partial charge is 0.254 e. The molecule has 0 spiro atoms. The number of carbonyl (C=O) groups excluding carboxylic acids is 1. The first-order valence-electron chi connectivity index (χ1n) is 11.6. The Labute approximate surface area is 191 Å². The number of nitrogens with zero attached hydrogens (tertiary/aromatic N) is 3. The molecule has 1 amide bonds. The van der Waals surface area contributed by atoms with E-state index in [1.807, 2.05) is 48.7 Å². The zero-order valence-corrected chi connectivity index (χ0v) is 19.3. The van der Waals surface area contributed by atoms with Gasteiger partial charge in [-0.25, -0.2) is 0 Å². The van der Waals surface area contributed by atoms with E-state index in [0.717, 1.165) is 37.4 Å². The predicted octanol–water partition coefficient (Wildman–Crippen LogP) is 5.16. The van der Waals surface area contributed by atoms with Crippen molar-refractivity contribution in [3.63, 3.8) is 0 Å². The van der Waals surface area contributed by atoms with Crippen molar-refractivity contribution < 1.29 is 4.79 Å². The lowest BCUT2D eigenvalue weighted by molar-refractivity contribution is 0.0668. The number of likely N-dealkylation sites (tertiary alicyclic amines) is 1. The number of aryl methyl sites for hydroxylation is 1. The Bertz CT molecular complexity index is 1020. The number of pyridine rings is 1. The average Bonchev–Trinajstić information content (AvgIpc) is 3.20. The molecule has 2 unspecified atom stereocenters. The maximum Gasteiger partial charge on any atom is 0.254 e. The van der Waals surface area contributed by atoms with Gasteiger partial charge in [0.1, 0.15) is 0 Å². The molecule has 4 rings (SSSR count). The van der Waals surface area contributed by atoms with Gasteiger partial charge in [0.15, 0.2) is 0 Å². The van der Waals surface area contributed by atoms with Crippen molar-refractivity contribution in [3.05, 3.63) is 101 Å². The normalized spacial score (nSPS) is 18.8. The van der Waals surface area contributed by atoms with Gasteiger partial charge in [0.2, 0.25) is 0 Å². The molecule has 0 aliphatic carbocycles. The second-order valence-corrected chi connectivity index (χ2v) is 9.16. The van der Waals surface area contributed by atoms with E-state index >= 15 is 0 Å². The Morgan fingerprint density at radius 1 is 1.00 bits per heavy atom. The molecule has 1 fully saturated rings. The summed E-state index contributed by atoms with van der Waals surface area (Å²) in [4.78, 5) is 22.4. The van der Waals surface area contributed by atoms with E-state index < -0.39 is 0 Å². The van der Waals surface area contributed by atoms with Crippen LogP contribution in [0.5, 0.6) is 0 Å². The molecule has 4 nitrogen and oxygen atoms in total. The largest absolute Gasteiger partial charge is 0.336 e. The van der Waals surface area contributed by atoms with E-state index in [2.05, 4.69) is 65.9 Å². The summed E-state index contributed by atoms with van der Waals surface area (Å²) in [6.07, 6.45) is 1.86. The van der Waals surface area contributed by atoms with Gasteiger partial charge >= 0.3 is 0 Å². The maximum absolute atomic E-state index is 13.4. The molecule has 4 heteroatoms. The van der Waals surface area contributed by atoms with Crippen LogP contribution in [0.2, 0.25) is 0 Å². The van der Waals surface area contributed by atoms with E-state index in [1.54, 1.807) is 0 Å². The Kier molecular flexibility index (Phi) is 7.01. The average molecular weight is 428 g/mol. The molecule has 1 saturated heterocycles. The van der Waals surface area contributed by atoms with E-state index in [9.17, 15) is 4.79 Å². The molecule has 166 valence electrons. The van der Waals surface area contributed by atoms with Gasteiger partial charge in [0.25, 0.3) is 5.91 Å². The van der Waals surface area contributed by atoms with Crippen LogP contribution in [0.1, 0.15) is 46.9 Å². The van der Waals surface area contributed by atoms with Crippen LogP contribution < -0.4 is 0 Å². The molecular weight excluding hydrogens is 394 g/mol. The topological polar surface area (TPSA) is 36.4 Å². The van der Waals surface area contributed by atoms with Crippen LogP contribution in [0, 0.1) is 12.8 Å². The molecule has 0 saturated carbocycles. The van der Waals surface area contributed by atoms with Gasteiger partial charge in [-0.2, -0.15) is 0 Å². The number of aromatic nitrogens is 1. The fourth-order valence-electron chi connectivity index (χ4n) is 4.88. The SMILES string of the molecule is Cc1ccccc1C1CN(Cc2ccccn2)CC1CN(C(=O)c1ccccc1)C(C)C. The summed E-state index contributed by atoms with van der Waals surface area (Å²) >= 11 is 0. The number of amides is 1. The lowest BCUT2D eigenvalue weighted by Crippen LogP contribution is -2.42. The summed E-state index contributed by atoms with van der Waals surface area (Å²) in [6.45, 7) is 9.97. The molecule has 1 aromatic heterocycles. The highest BCUT2D eigenvalue weighted by Gasteiger charge is 2.37. The molecule has 2 heterocycles. The third-order valence-electron chi connectivity index (χ3n) is 6.55. The first-order chi connectivity index (χ1) is 15.5. The van der Waals surface area contributed by atoms with Crippen molar-refractivity contribution in [3.8, 4) is 0 Å². The Morgan fingerprint density at radius 2 is 1.72 bits per heavy atom. The number of rotatable bonds is 7. The van der Waals surface area contributed by atoms with Crippen LogP contribution >= 0.6 is 0 Å². The zero-order chi connectivity index (χ0) is 22.5. The molecule has 0 N–H and O–H groups in total. The highest BCUT2D eigenvalue weighted by molar-refractivity contribution is 5.94. The standard InChI is InChI=1S/C28H33N3O/c1-21(2)31(28(32)23-12-5-4-6-13-23)18-24-17-30(19-25-14-9-10-16-29-25)20-27(24)26-15-8-7-11-22(26)3/h4-16,21,24,27H,17-20H2,1-3H3. The van der Waals surface area contributed by atoms with Gasteiger partial charge in [-0.3, -0.25) is 14.7 Å². The van der Waals surface area contributed by atoms with E-state index in [1.165, 1.54) is 11.1 Å². The van der Waals surface area contributed by atoms with Crippen LogP contribution in [0.4, 0.5) is 0 Å². The van der Waals surface area contributed by atoms with Crippen LogP contribution in [0.3, 0.4) is 0 Å². The highest BCUT2D eigenvalue weighted by Crippen LogP contribution is 2.36. The van der Waals surface area contributed by atoms with Crippen LogP contribution in [-0.2, 0) is 6.54 Å². The first kappa shape index (κ1) is 22.2. The Hall–Kier alpha value is -2.98. The molecule has 1 aliphatic rings. The lowest BCUT2D eigenvalue weighted by Gasteiger charge is -2.32. The molecule has 0 bridgehead atoms. The Morgan fingerprint density at radius 3 is 2.41 bits per heavy atom. The second-order valence-electron chi connectivity index (χ2n) is 9.16. The molecule has 32 heavy (non-hydrogen) atoms. The van der Waals surface area contributed by atoms with Crippen molar-refractivity contribution in [1.82, 2.24) is 14.8 Å². The van der Waals surface area contributed by atoms with Crippen molar-refractivity contribution in [2.24, 2.45) is 5.92 Å². The third-order valence-corrected chi connectivity index (χ3v) is 6.55. The second kappa shape index (κ2) is 10.1. The monoisotopic (exact) mass is 427 g/mol. The van der Waals surface area contributed by atoms with Gasteiger partial charge < -0.3 is 4.90 Å². The molecule has 0 radical (unpaired) electrons. The summed E-state index contributed by atoms with van der Waals surface area (Å²) in [6, 6.07) is 24.6. The van der Waals surface area contributed by atoms with Crippen molar-refractivity contribution in [1.29, 1.82) is 0 Å². The first-order valence-corrected chi connectivity index (χ1v) is 11.6. The highest BCUT2D eigenvalue weighted by atomic mass is 16.2. The van der Waals surface area contributed by atoms with Gasteiger partial charge in [-0.05, 0) is 62.1 Å². The van der Waals surface area contributed by atoms with Crippen LogP contribution in [0.15, 0.2) is 79.0 Å². The molecular formula is C28H33N3O. The maximum atomic E-state index is 13.4. The van der Waals surface area contributed by atoms with Crippen molar-refractivity contribution >= 4 is 5.91 Å². The van der Waals surface area contributed by atoms with Gasteiger partial charge in [-0.15, -0.1) is 0 Å². The summed E-state index contributed by atoms with van der Waals surface area (Å²) in [5.41, 5.74) is 4.58. The summed E-state index contributed by atoms with van der Waals surface area (Å²) < 4.78 is 0. The van der Waals surface area contributed by atoms with E-state index in [0.29, 0.717) is 11.8 Å². The van der Waals surface area contributed by atoms with Crippen molar-refractivity contribution in [2.75, 3.05) is 19.6 Å². The van der Waals surface area contributed by atoms with Crippen LogP contribution in [-0.4, -0.2) is 46.4 Å². The number of hydrogen-bond donors (Lipinski definition) is 0. The molecule has 3 aromatic rings. The molecule has 1 aliphatic heterocycles. The van der Waals surface area contributed by atoms with E-state index in [-0.39, 0.29) is 11.9 Å². The fraction of sp³-hybridized carbons (Fsp3) is 0.357. The summed E-state index contributed by atoms with van der Waals surface area (Å²) in [5.74, 6) is 0.881. The van der Waals surface area contributed by atoms with Gasteiger partial charge in [-0.1, -0.05) is 48.5 Å².